The summed E-state index contributed by atoms with van der Waals surface area (Å²) in [5.41, 5.74) is 0.725. The molecule has 2 N–H and O–H groups in total. The maximum absolute atomic E-state index is 10.9. The lowest BCUT2D eigenvalue weighted by Gasteiger charge is -2.16. The van der Waals surface area contributed by atoms with Crippen molar-refractivity contribution < 1.29 is 9.90 Å². The molecule has 1 aromatic heterocycles. The largest absolute Gasteiger partial charge is 0.478 e. The first-order chi connectivity index (χ1) is 7.69. The second-order valence-corrected chi connectivity index (χ2v) is 3.38. The van der Waals surface area contributed by atoms with E-state index < -0.39 is 5.97 Å². The van der Waals surface area contributed by atoms with E-state index in [0.29, 0.717) is 12.1 Å². The van der Waals surface area contributed by atoms with Crippen LogP contribution in [0.25, 0.3) is 0 Å². The molecule has 0 amide bonds. The van der Waals surface area contributed by atoms with Crippen LogP contribution in [0, 0.1) is 12.3 Å². The fourth-order valence-corrected chi connectivity index (χ4v) is 1.35. The Kier molecular flexibility index (Phi) is 4.34. The molecule has 4 nitrogen and oxygen atoms in total. The van der Waals surface area contributed by atoms with Crippen LogP contribution in [0.15, 0.2) is 18.5 Å². The molecule has 1 unspecified atom stereocenters. The van der Waals surface area contributed by atoms with Crippen molar-refractivity contribution in [3.05, 3.63) is 24.0 Å². The minimum absolute atomic E-state index is 0.0884. The molecule has 1 atom stereocenters. The van der Waals surface area contributed by atoms with Crippen molar-refractivity contribution >= 4 is 11.7 Å². The van der Waals surface area contributed by atoms with Crippen molar-refractivity contribution in [3.63, 3.8) is 0 Å². The molecule has 1 rings (SSSR count). The number of hydrogen-bond acceptors (Lipinski definition) is 3. The number of terminal acetylenes is 1. The lowest BCUT2D eigenvalue weighted by atomic mass is 10.1. The molecule has 0 bridgehead atoms. The normalized spacial score (nSPS) is 11.5. The summed E-state index contributed by atoms with van der Waals surface area (Å²) in [7, 11) is 0. The smallest absolute Gasteiger partial charge is 0.339 e. The van der Waals surface area contributed by atoms with E-state index >= 15 is 0 Å². The van der Waals surface area contributed by atoms with Crippen LogP contribution in [0.5, 0.6) is 0 Å². The highest BCUT2D eigenvalue weighted by Crippen LogP contribution is 2.16. The number of aromatic carboxylic acids is 1. The summed E-state index contributed by atoms with van der Waals surface area (Å²) in [6.07, 6.45) is 9.52. The molecule has 0 saturated carbocycles. The first-order valence-electron chi connectivity index (χ1n) is 5.06. The molecule has 1 heterocycles. The van der Waals surface area contributed by atoms with E-state index in [9.17, 15) is 4.79 Å². The molecule has 16 heavy (non-hydrogen) atoms. The minimum atomic E-state index is -0.994. The lowest BCUT2D eigenvalue weighted by Crippen LogP contribution is -2.19. The van der Waals surface area contributed by atoms with Crippen LogP contribution in [0.3, 0.4) is 0 Å². The van der Waals surface area contributed by atoms with Crippen LogP contribution in [-0.2, 0) is 0 Å². The Labute approximate surface area is 94.7 Å². The Balaban J connectivity index is 2.87. The Bertz CT molecular complexity index is 410. The predicted molar refractivity (Wildman–Crippen MR) is 62.3 cm³/mol. The number of aromatic nitrogens is 1. The molecular weight excluding hydrogens is 204 g/mol. The fourth-order valence-electron chi connectivity index (χ4n) is 1.35. The fraction of sp³-hybridized carbons (Fsp3) is 0.333. The summed E-state index contributed by atoms with van der Waals surface area (Å²) in [5, 5.41) is 12.1. The summed E-state index contributed by atoms with van der Waals surface area (Å²) in [6.45, 7) is 2.00. The molecule has 0 aliphatic rings. The van der Waals surface area contributed by atoms with E-state index in [4.69, 9.17) is 11.5 Å². The summed E-state index contributed by atoms with van der Waals surface area (Å²) in [5.74, 6) is 1.57. The van der Waals surface area contributed by atoms with Crippen LogP contribution >= 0.6 is 0 Å². The first kappa shape index (κ1) is 12.1. The number of carboxylic acids is 1. The lowest BCUT2D eigenvalue weighted by molar-refractivity contribution is 0.0697. The Morgan fingerprint density at radius 1 is 1.75 bits per heavy atom. The zero-order chi connectivity index (χ0) is 12.0. The highest BCUT2D eigenvalue weighted by Gasteiger charge is 2.12. The van der Waals surface area contributed by atoms with E-state index in [1.165, 1.54) is 6.20 Å². The number of nitrogens with zero attached hydrogens (tertiary/aromatic N) is 1. The minimum Gasteiger partial charge on any atom is -0.478 e. The van der Waals surface area contributed by atoms with E-state index in [1.807, 2.05) is 6.92 Å². The second kappa shape index (κ2) is 5.76. The summed E-state index contributed by atoms with van der Waals surface area (Å²) in [6, 6.07) is 1.73. The topological polar surface area (TPSA) is 62.2 Å². The van der Waals surface area contributed by atoms with Gasteiger partial charge in [-0.1, -0.05) is 6.92 Å². The summed E-state index contributed by atoms with van der Waals surface area (Å²) >= 11 is 0. The van der Waals surface area contributed by atoms with Crippen molar-refractivity contribution in [3.8, 4) is 12.3 Å². The highest BCUT2D eigenvalue weighted by molar-refractivity contribution is 5.93. The van der Waals surface area contributed by atoms with Gasteiger partial charge in [-0.3, -0.25) is 4.98 Å². The standard InChI is InChI=1S/C12H14N2O2/c1-3-5-9(4-2)14-11-6-7-13-8-10(11)12(15)16/h1,6-9H,4-5H2,2H3,(H,13,14)(H,15,16). The zero-order valence-corrected chi connectivity index (χ0v) is 9.10. The molecule has 0 saturated heterocycles. The van der Waals surface area contributed by atoms with Gasteiger partial charge in [-0.15, -0.1) is 12.3 Å². The van der Waals surface area contributed by atoms with Crippen molar-refractivity contribution in [2.75, 3.05) is 5.32 Å². The quantitative estimate of drug-likeness (QED) is 0.742. The summed E-state index contributed by atoms with van der Waals surface area (Å²) < 4.78 is 0. The van der Waals surface area contributed by atoms with Crippen LogP contribution < -0.4 is 5.32 Å². The van der Waals surface area contributed by atoms with Gasteiger partial charge in [0.15, 0.2) is 0 Å². The number of nitrogens with one attached hydrogen (secondary N) is 1. The van der Waals surface area contributed by atoms with Gasteiger partial charge in [-0.05, 0) is 12.5 Å². The Morgan fingerprint density at radius 3 is 3.06 bits per heavy atom. The van der Waals surface area contributed by atoms with E-state index in [-0.39, 0.29) is 11.6 Å². The molecule has 0 aliphatic carbocycles. The van der Waals surface area contributed by atoms with Gasteiger partial charge in [0.25, 0.3) is 0 Å². The SMILES string of the molecule is C#CCC(CC)Nc1ccncc1C(=O)O. The van der Waals surface area contributed by atoms with Gasteiger partial charge in [0.05, 0.1) is 5.69 Å². The van der Waals surface area contributed by atoms with Gasteiger partial charge in [0.2, 0.25) is 0 Å². The third-order valence-corrected chi connectivity index (χ3v) is 2.27. The molecule has 0 aromatic carbocycles. The van der Waals surface area contributed by atoms with Crippen molar-refractivity contribution in [1.29, 1.82) is 0 Å². The number of anilines is 1. The number of hydrogen-bond donors (Lipinski definition) is 2. The average molecular weight is 218 g/mol. The Hall–Kier alpha value is -2.02. The second-order valence-electron chi connectivity index (χ2n) is 3.38. The number of rotatable bonds is 5. The number of carboxylic acid groups (broad SMARTS) is 1. The molecule has 84 valence electrons. The Morgan fingerprint density at radius 2 is 2.50 bits per heavy atom. The van der Waals surface area contributed by atoms with Crippen molar-refractivity contribution in [1.82, 2.24) is 4.98 Å². The van der Waals surface area contributed by atoms with Crippen LogP contribution in [0.2, 0.25) is 0 Å². The van der Waals surface area contributed by atoms with Gasteiger partial charge in [-0.2, -0.15) is 0 Å². The van der Waals surface area contributed by atoms with Gasteiger partial charge < -0.3 is 10.4 Å². The van der Waals surface area contributed by atoms with Crippen molar-refractivity contribution in [2.24, 2.45) is 0 Å². The van der Waals surface area contributed by atoms with Crippen LogP contribution in [-0.4, -0.2) is 22.1 Å². The van der Waals surface area contributed by atoms with Gasteiger partial charge in [-0.25, -0.2) is 4.79 Å². The molecule has 0 radical (unpaired) electrons. The number of carbonyl (C=O) groups is 1. The van der Waals surface area contributed by atoms with Crippen LogP contribution in [0.4, 0.5) is 5.69 Å². The van der Waals surface area contributed by atoms with Gasteiger partial charge in [0, 0.05) is 24.9 Å². The van der Waals surface area contributed by atoms with E-state index in [2.05, 4.69) is 16.2 Å². The number of pyridine rings is 1. The molecular formula is C12H14N2O2. The first-order valence-corrected chi connectivity index (χ1v) is 5.06. The summed E-state index contributed by atoms with van der Waals surface area (Å²) in [4.78, 5) is 14.7. The third kappa shape index (κ3) is 2.99. The molecule has 1 aromatic rings. The highest BCUT2D eigenvalue weighted by atomic mass is 16.4. The maximum Gasteiger partial charge on any atom is 0.339 e. The molecule has 4 heteroatoms. The maximum atomic E-state index is 10.9. The molecule has 0 fully saturated rings. The van der Waals surface area contributed by atoms with Gasteiger partial charge >= 0.3 is 5.97 Å². The van der Waals surface area contributed by atoms with Gasteiger partial charge in [0.1, 0.15) is 5.56 Å². The predicted octanol–water partition coefficient (Wildman–Crippen LogP) is 1.99. The average Bonchev–Trinajstić information content (AvgIpc) is 2.29. The molecule has 0 spiro atoms. The van der Waals surface area contributed by atoms with E-state index in [1.54, 1.807) is 12.3 Å². The zero-order valence-electron chi connectivity index (χ0n) is 9.10. The monoisotopic (exact) mass is 218 g/mol. The molecule has 0 aliphatic heterocycles. The van der Waals surface area contributed by atoms with E-state index in [0.717, 1.165) is 6.42 Å². The third-order valence-electron chi connectivity index (χ3n) is 2.27. The van der Waals surface area contributed by atoms with Crippen LogP contribution in [0.1, 0.15) is 30.1 Å². The van der Waals surface area contributed by atoms with Crippen molar-refractivity contribution in [2.45, 2.75) is 25.8 Å².